The van der Waals surface area contributed by atoms with Crippen LogP contribution in [0.25, 0.3) is 0 Å². The predicted octanol–water partition coefficient (Wildman–Crippen LogP) is 2.15. The highest BCUT2D eigenvalue weighted by molar-refractivity contribution is 4.95. The van der Waals surface area contributed by atoms with Crippen LogP contribution in [-0.2, 0) is 0 Å². The quantitative estimate of drug-likeness (QED) is 0.739. The normalized spacial score (nSPS) is 16.9. The molecule has 0 amide bonds. The monoisotopic (exact) mass is 232 g/mol. The summed E-state index contributed by atoms with van der Waals surface area (Å²) < 4.78 is 94.0. The molecule has 0 aromatic carbocycles. The van der Waals surface area contributed by atoms with E-state index in [1.54, 1.807) is 0 Å². The highest BCUT2D eigenvalue weighted by Gasteiger charge is 2.75. The van der Waals surface area contributed by atoms with Crippen LogP contribution in [0.3, 0.4) is 0 Å². The number of rotatable bonds is 3. The van der Waals surface area contributed by atoms with Crippen LogP contribution >= 0.6 is 0 Å². The number of hydrogen-bond acceptors (Lipinski definition) is 1. The zero-order chi connectivity index (χ0) is 11.8. The lowest BCUT2D eigenvalue weighted by atomic mass is 10.1. The largest absolute Gasteiger partial charge is 0.459 e. The molecule has 0 aliphatic rings. The minimum absolute atomic E-state index is 2.13. The predicted molar refractivity (Wildman–Crippen MR) is 27.9 cm³/mol. The lowest BCUT2D eigenvalue weighted by Crippen LogP contribution is -2.57. The third-order valence-corrected chi connectivity index (χ3v) is 1.33. The van der Waals surface area contributed by atoms with Gasteiger partial charge >= 0.3 is 18.0 Å². The molecule has 0 rings (SSSR count). The van der Waals surface area contributed by atoms with E-state index in [-0.39, 0.29) is 0 Å². The van der Waals surface area contributed by atoms with Crippen LogP contribution in [-0.4, -0.2) is 35.9 Å². The third kappa shape index (κ3) is 1.91. The van der Waals surface area contributed by atoms with Gasteiger partial charge in [0.1, 0.15) is 0 Å². The van der Waals surface area contributed by atoms with Crippen molar-refractivity contribution in [2.24, 2.45) is 0 Å². The zero-order valence-electron chi connectivity index (χ0n) is 6.26. The number of halogens is 8. The van der Waals surface area contributed by atoms with Gasteiger partial charge in [0.25, 0.3) is 0 Å². The van der Waals surface area contributed by atoms with Crippen molar-refractivity contribution in [1.82, 2.24) is 0 Å². The summed E-state index contributed by atoms with van der Waals surface area (Å²) in [6, 6.07) is 0. The number of aliphatic hydroxyl groups excluding tert-OH is 1. The molecule has 0 spiro atoms. The molecule has 1 unspecified atom stereocenters. The van der Waals surface area contributed by atoms with Crippen molar-refractivity contribution in [3.63, 3.8) is 0 Å². The summed E-state index contributed by atoms with van der Waals surface area (Å²) in [6.07, 6.45) is -10.5. The Morgan fingerprint density at radius 2 is 1.29 bits per heavy atom. The first-order valence-corrected chi connectivity index (χ1v) is 3.05. The van der Waals surface area contributed by atoms with E-state index >= 15 is 0 Å². The molecule has 0 aliphatic heterocycles. The summed E-state index contributed by atoms with van der Waals surface area (Å²) in [5.74, 6) is -12.5. The van der Waals surface area contributed by atoms with Crippen molar-refractivity contribution in [1.29, 1.82) is 0 Å². The topological polar surface area (TPSA) is 20.2 Å². The van der Waals surface area contributed by atoms with Crippen molar-refractivity contribution >= 4 is 0 Å². The molecule has 0 saturated carbocycles. The molecular formula is C5H4F8O. The number of aliphatic hydroxyl groups is 1. The Hall–Kier alpha value is -0.600. The van der Waals surface area contributed by atoms with Crippen LogP contribution in [0.4, 0.5) is 35.1 Å². The highest BCUT2D eigenvalue weighted by Crippen LogP contribution is 2.48. The lowest BCUT2D eigenvalue weighted by molar-refractivity contribution is -0.367. The van der Waals surface area contributed by atoms with E-state index in [1.165, 1.54) is 0 Å². The van der Waals surface area contributed by atoms with Crippen LogP contribution in [0.1, 0.15) is 0 Å². The second-order valence-electron chi connectivity index (χ2n) is 2.35. The summed E-state index contributed by atoms with van der Waals surface area (Å²) in [5.41, 5.74) is 0. The molecule has 0 bridgehead atoms. The molecule has 0 heterocycles. The Bertz CT molecular complexity index is 196. The fourth-order valence-corrected chi connectivity index (χ4v) is 0.500. The van der Waals surface area contributed by atoms with Gasteiger partial charge in [-0.05, 0) is 0 Å². The second kappa shape index (κ2) is 3.52. The Morgan fingerprint density at radius 1 is 0.929 bits per heavy atom. The smallest absolute Gasteiger partial charge is 0.393 e. The molecule has 1 atom stereocenters. The maximum absolute atomic E-state index is 12.1. The van der Waals surface area contributed by atoms with Gasteiger partial charge in [0.15, 0.2) is 6.17 Å². The van der Waals surface area contributed by atoms with Crippen LogP contribution in [0.15, 0.2) is 0 Å². The molecule has 0 radical (unpaired) electrons. The molecule has 0 aliphatic carbocycles. The van der Waals surface area contributed by atoms with Crippen LogP contribution in [0, 0.1) is 0 Å². The van der Waals surface area contributed by atoms with E-state index in [2.05, 4.69) is 0 Å². The number of hydrogen-bond donors (Lipinski definition) is 1. The fourth-order valence-electron chi connectivity index (χ4n) is 0.500. The molecular weight excluding hydrogens is 228 g/mol. The molecule has 0 aromatic heterocycles. The van der Waals surface area contributed by atoms with Gasteiger partial charge < -0.3 is 5.11 Å². The maximum Gasteiger partial charge on any atom is 0.459 e. The van der Waals surface area contributed by atoms with E-state index in [0.717, 1.165) is 0 Å². The lowest BCUT2D eigenvalue weighted by Gasteiger charge is -2.29. The van der Waals surface area contributed by atoms with Crippen molar-refractivity contribution in [2.45, 2.75) is 24.2 Å². The van der Waals surface area contributed by atoms with Gasteiger partial charge in [-0.15, -0.1) is 0 Å². The third-order valence-electron chi connectivity index (χ3n) is 1.33. The standard InChI is InChI=1S/C5H4F8O/c6-2(1-14)3(7,8)4(9,10)5(11,12)13/h2,14H,1H2. The minimum Gasteiger partial charge on any atom is -0.393 e. The van der Waals surface area contributed by atoms with Crippen molar-refractivity contribution in [2.75, 3.05) is 6.61 Å². The molecule has 0 aromatic rings. The molecule has 86 valence electrons. The minimum atomic E-state index is -6.57. The fraction of sp³-hybridized carbons (Fsp3) is 1.00. The molecule has 1 N–H and O–H groups in total. The van der Waals surface area contributed by atoms with Gasteiger partial charge in [0.05, 0.1) is 6.61 Å². The average Bonchev–Trinajstić information content (AvgIpc) is 2.00. The van der Waals surface area contributed by atoms with E-state index in [0.29, 0.717) is 0 Å². The molecule has 0 saturated heterocycles. The van der Waals surface area contributed by atoms with E-state index < -0.39 is 30.8 Å². The van der Waals surface area contributed by atoms with Gasteiger partial charge in [-0.25, -0.2) is 4.39 Å². The zero-order valence-corrected chi connectivity index (χ0v) is 6.26. The van der Waals surface area contributed by atoms with Crippen molar-refractivity contribution < 1.29 is 40.2 Å². The highest BCUT2D eigenvalue weighted by atomic mass is 19.4. The van der Waals surface area contributed by atoms with E-state index in [4.69, 9.17) is 5.11 Å². The van der Waals surface area contributed by atoms with E-state index in [1.807, 2.05) is 0 Å². The molecule has 9 heteroatoms. The van der Waals surface area contributed by atoms with Crippen molar-refractivity contribution in [3.05, 3.63) is 0 Å². The van der Waals surface area contributed by atoms with Gasteiger partial charge in [0, 0.05) is 0 Å². The first kappa shape index (κ1) is 13.4. The summed E-state index contributed by atoms with van der Waals surface area (Å²) in [6.45, 7) is -2.13. The summed E-state index contributed by atoms with van der Waals surface area (Å²) in [5, 5.41) is 7.74. The average molecular weight is 232 g/mol. The Labute approximate surface area is 72.3 Å². The Balaban J connectivity index is 5.07. The van der Waals surface area contributed by atoms with Crippen molar-refractivity contribution in [3.8, 4) is 0 Å². The summed E-state index contributed by atoms with van der Waals surface area (Å²) in [4.78, 5) is 0. The Morgan fingerprint density at radius 3 is 1.50 bits per heavy atom. The Kier molecular flexibility index (Phi) is 3.37. The molecule has 14 heavy (non-hydrogen) atoms. The van der Waals surface area contributed by atoms with Gasteiger partial charge in [-0.1, -0.05) is 0 Å². The van der Waals surface area contributed by atoms with E-state index in [9.17, 15) is 35.1 Å². The first-order valence-electron chi connectivity index (χ1n) is 3.05. The van der Waals surface area contributed by atoms with Gasteiger partial charge in [-0.2, -0.15) is 30.7 Å². The first-order chi connectivity index (χ1) is 5.98. The maximum atomic E-state index is 12.1. The molecule has 0 fully saturated rings. The number of alkyl halides is 8. The van der Waals surface area contributed by atoms with Crippen LogP contribution in [0.5, 0.6) is 0 Å². The van der Waals surface area contributed by atoms with Crippen LogP contribution < -0.4 is 0 Å². The molecule has 1 nitrogen and oxygen atoms in total. The summed E-state index contributed by atoms with van der Waals surface area (Å²) >= 11 is 0. The second-order valence-corrected chi connectivity index (χ2v) is 2.35. The SMILES string of the molecule is OCC(F)C(F)(F)C(F)(F)C(F)(F)F. The van der Waals surface area contributed by atoms with Crippen LogP contribution in [0.2, 0.25) is 0 Å². The summed E-state index contributed by atoms with van der Waals surface area (Å²) in [7, 11) is 0. The van der Waals surface area contributed by atoms with Gasteiger partial charge in [0.2, 0.25) is 0 Å². The van der Waals surface area contributed by atoms with Gasteiger partial charge in [-0.3, -0.25) is 0 Å².